The van der Waals surface area contributed by atoms with Gasteiger partial charge in [0.25, 0.3) is 0 Å². The molecule has 11 nitrogen and oxygen atoms in total. The van der Waals surface area contributed by atoms with Gasteiger partial charge in [0.2, 0.25) is 11.9 Å². The quantitative estimate of drug-likeness (QED) is 0.197. The lowest BCUT2D eigenvalue weighted by Crippen LogP contribution is -2.32. The lowest BCUT2D eigenvalue weighted by molar-refractivity contribution is -0.119. The topological polar surface area (TPSA) is 144 Å². The Hall–Kier alpha value is -3.64. The van der Waals surface area contributed by atoms with E-state index < -0.39 is 22.1 Å². The number of ether oxygens (including phenoxy) is 2. The predicted octanol–water partition coefficient (Wildman–Crippen LogP) is 2.96. The number of anilines is 2. The predicted molar refractivity (Wildman–Crippen MR) is 128 cm³/mol. The number of guanidine groups is 1. The summed E-state index contributed by atoms with van der Waals surface area (Å²) in [7, 11) is -1.82. The second-order valence-corrected chi connectivity index (χ2v) is 8.39. The molecule has 0 aliphatic rings. The summed E-state index contributed by atoms with van der Waals surface area (Å²) in [6.45, 7) is 2.26. The molecule has 12 heteroatoms. The van der Waals surface area contributed by atoms with Gasteiger partial charge >= 0.3 is 16.2 Å². The van der Waals surface area contributed by atoms with Gasteiger partial charge in [-0.3, -0.25) is 4.79 Å². The normalized spacial score (nSPS) is 11.4. The lowest BCUT2D eigenvalue weighted by Gasteiger charge is -2.16. The number of unbranched alkanes of at least 4 members (excludes halogenated alkanes) is 1. The summed E-state index contributed by atoms with van der Waals surface area (Å²) in [5, 5.41) is 8.33. The molecule has 0 bridgehead atoms. The maximum atomic E-state index is 13.1. The number of carbonyl (C=O) groups excluding carboxylic acids is 2. The fraction of sp³-hybridized carbons (Fsp3) is 0.318. The van der Waals surface area contributed by atoms with Crippen molar-refractivity contribution in [2.75, 3.05) is 38.0 Å². The molecule has 2 rings (SSSR count). The molecular formula is C22H28N4O7S. The van der Waals surface area contributed by atoms with Crippen molar-refractivity contribution in [1.29, 1.82) is 0 Å². The number of nitrogens with zero attached hydrogens (tertiary/aromatic N) is 1. The van der Waals surface area contributed by atoms with Crippen molar-refractivity contribution >= 4 is 39.5 Å². The Kier molecular flexibility index (Phi) is 10.3. The molecule has 0 aromatic heterocycles. The van der Waals surface area contributed by atoms with E-state index in [2.05, 4.69) is 25.7 Å². The SMILES string of the molecule is CCCCNC(=NC(=O)OC)Nc1ccc(NC(=O)COC)c(S(=O)(=O)Oc2ccccc2)c1. The Morgan fingerprint density at radius 2 is 1.76 bits per heavy atom. The number of amides is 2. The van der Waals surface area contributed by atoms with E-state index in [9.17, 15) is 18.0 Å². The molecular weight excluding hydrogens is 464 g/mol. The van der Waals surface area contributed by atoms with Crippen LogP contribution in [0, 0.1) is 0 Å². The molecule has 2 aromatic rings. The average molecular weight is 493 g/mol. The van der Waals surface area contributed by atoms with Gasteiger partial charge in [0.05, 0.1) is 12.8 Å². The first-order valence-corrected chi connectivity index (χ1v) is 11.8. The van der Waals surface area contributed by atoms with E-state index in [4.69, 9.17) is 8.92 Å². The van der Waals surface area contributed by atoms with Crippen molar-refractivity contribution in [3.63, 3.8) is 0 Å². The van der Waals surface area contributed by atoms with Crippen LogP contribution in [0.3, 0.4) is 0 Å². The largest absolute Gasteiger partial charge is 0.451 e. The Morgan fingerprint density at radius 3 is 2.41 bits per heavy atom. The number of para-hydroxylation sites is 1. The summed E-state index contributed by atoms with van der Waals surface area (Å²) in [4.78, 5) is 27.2. The van der Waals surface area contributed by atoms with Crippen LogP contribution >= 0.6 is 0 Å². The number of benzene rings is 2. The third-order valence-electron chi connectivity index (χ3n) is 4.21. The molecule has 0 unspecified atom stereocenters. The van der Waals surface area contributed by atoms with Crippen molar-refractivity contribution in [2.45, 2.75) is 24.7 Å². The molecule has 0 saturated carbocycles. The Balaban J connectivity index is 2.43. The van der Waals surface area contributed by atoms with Gasteiger partial charge in [0.15, 0.2) is 0 Å². The Labute approximate surface area is 198 Å². The highest BCUT2D eigenvalue weighted by Crippen LogP contribution is 2.28. The number of hydrogen-bond donors (Lipinski definition) is 3. The summed E-state index contributed by atoms with van der Waals surface area (Å²) < 4.78 is 40.8. The van der Waals surface area contributed by atoms with E-state index in [-0.39, 0.29) is 34.6 Å². The highest BCUT2D eigenvalue weighted by molar-refractivity contribution is 7.87. The molecule has 0 heterocycles. The second kappa shape index (κ2) is 13.2. The van der Waals surface area contributed by atoms with E-state index >= 15 is 0 Å². The van der Waals surface area contributed by atoms with Gasteiger partial charge in [-0.1, -0.05) is 31.5 Å². The number of carbonyl (C=O) groups is 2. The van der Waals surface area contributed by atoms with Gasteiger partial charge in [-0.05, 0) is 36.8 Å². The third-order valence-corrected chi connectivity index (χ3v) is 5.50. The van der Waals surface area contributed by atoms with Crippen molar-refractivity contribution < 1.29 is 31.7 Å². The van der Waals surface area contributed by atoms with Crippen molar-refractivity contribution in [3.05, 3.63) is 48.5 Å². The molecule has 34 heavy (non-hydrogen) atoms. The highest BCUT2D eigenvalue weighted by Gasteiger charge is 2.23. The maximum absolute atomic E-state index is 13.1. The smallest absolute Gasteiger partial charge is 0.436 e. The number of nitrogens with one attached hydrogen (secondary N) is 3. The number of hydrogen-bond acceptors (Lipinski definition) is 7. The van der Waals surface area contributed by atoms with Crippen LogP contribution in [0.5, 0.6) is 5.75 Å². The van der Waals surface area contributed by atoms with Crippen LogP contribution < -0.4 is 20.1 Å². The monoisotopic (exact) mass is 492 g/mol. The Morgan fingerprint density at radius 1 is 1.03 bits per heavy atom. The van der Waals surface area contributed by atoms with E-state index in [1.807, 2.05) is 6.92 Å². The van der Waals surface area contributed by atoms with Crippen LogP contribution in [0.4, 0.5) is 16.2 Å². The summed E-state index contributed by atoms with van der Waals surface area (Å²) in [6, 6.07) is 12.1. The van der Waals surface area contributed by atoms with Crippen molar-refractivity contribution in [2.24, 2.45) is 4.99 Å². The number of rotatable bonds is 10. The highest BCUT2D eigenvalue weighted by atomic mass is 32.2. The molecule has 0 saturated heterocycles. The molecule has 2 aromatic carbocycles. The number of aliphatic imine (C=N–C) groups is 1. The van der Waals surface area contributed by atoms with Gasteiger partial charge < -0.3 is 29.6 Å². The minimum Gasteiger partial charge on any atom is -0.451 e. The summed E-state index contributed by atoms with van der Waals surface area (Å²) >= 11 is 0. The average Bonchev–Trinajstić information content (AvgIpc) is 2.80. The fourth-order valence-electron chi connectivity index (χ4n) is 2.64. The van der Waals surface area contributed by atoms with E-state index in [0.717, 1.165) is 12.8 Å². The first-order chi connectivity index (χ1) is 16.3. The van der Waals surface area contributed by atoms with Crippen LogP contribution in [-0.2, 0) is 24.4 Å². The van der Waals surface area contributed by atoms with Crippen molar-refractivity contribution in [3.8, 4) is 5.75 Å². The van der Waals surface area contributed by atoms with Gasteiger partial charge in [-0.25, -0.2) is 4.79 Å². The molecule has 2 amide bonds. The van der Waals surface area contributed by atoms with Crippen molar-refractivity contribution in [1.82, 2.24) is 5.32 Å². The molecule has 0 aliphatic heterocycles. The van der Waals surface area contributed by atoms with E-state index in [1.54, 1.807) is 18.2 Å². The minimum atomic E-state index is -4.36. The summed E-state index contributed by atoms with van der Waals surface area (Å²) in [5.74, 6) is -0.374. The molecule has 0 spiro atoms. The molecule has 184 valence electrons. The molecule has 3 N–H and O–H groups in total. The summed E-state index contributed by atoms with van der Waals surface area (Å²) in [5.41, 5.74) is 0.264. The van der Waals surface area contributed by atoms with E-state index in [0.29, 0.717) is 6.54 Å². The maximum Gasteiger partial charge on any atom is 0.436 e. The fourth-order valence-corrected chi connectivity index (χ4v) is 3.76. The lowest BCUT2D eigenvalue weighted by atomic mass is 10.2. The number of methoxy groups -OCH3 is 2. The van der Waals surface area contributed by atoms with E-state index in [1.165, 1.54) is 44.6 Å². The van der Waals surface area contributed by atoms with Gasteiger partial charge in [0, 0.05) is 19.3 Å². The zero-order chi connectivity index (χ0) is 25.0. The minimum absolute atomic E-state index is 0.00562. The van der Waals surface area contributed by atoms with Crippen LogP contribution in [0.1, 0.15) is 19.8 Å². The first kappa shape index (κ1) is 26.6. The third kappa shape index (κ3) is 8.37. The standard InChI is InChI=1S/C22H28N4O7S/c1-4-5-13-23-21(26-22(28)32-3)24-16-11-12-18(25-20(27)15-31-2)19(14-16)34(29,30)33-17-9-7-6-8-10-17/h6-12,14H,4-5,13,15H2,1-3H3,(H,25,27)(H2,23,24,26,28). The molecule has 0 radical (unpaired) electrons. The molecule has 0 aliphatic carbocycles. The Bertz CT molecular complexity index is 1110. The second-order valence-electron chi connectivity index (χ2n) is 6.88. The summed E-state index contributed by atoms with van der Waals surface area (Å²) in [6.07, 6.45) is 0.889. The van der Waals surface area contributed by atoms with Crippen LogP contribution in [0.15, 0.2) is 58.4 Å². The van der Waals surface area contributed by atoms with Crippen LogP contribution in [0.25, 0.3) is 0 Å². The van der Waals surface area contributed by atoms with Crippen LogP contribution in [0.2, 0.25) is 0 Å². The van der Waals surface area contributed by atoms with Gasteiger partial charge in [-0.2, -0.15) is 8.42 Å². The van der Waals surface area contributed by atoms with Gasteiger partial charge in [0.1, 0.15) is 17.3 Å². The zero-order valence-electron chi connectivity index (χ0n) is 19.2. The molecule has 0 atom stereocenters. The molecule has 0 fully saturated rings. The van der Waals surface area contributed by atoms with Gasteiger partial charge in [-0.15, -0.1) is 4.99 Å². The van der Waals surface area contributed by atoms with Crippen LogP contribution in [-0.4, -0.2) is 53.7 Å². The zero-order valence-corrected chi connectivity index (χ0v) is 20.0. The first-order valence-electron chi connectivity index (χ1n) is 10.4.